The third-order valence-corrected chi connectivity index (χ3v) is 6.20. The number of methoxy groups -OCH3 is 1. The normalized spacial score (nSPS) is 23.1. The monoisotopic (exact) mass is 436 g/mol. The second-order valence-corrected chi connectivity index (χ2v) is 8.12. The van der Waals surface area contributed by atoms with E-state index in [0.29, 0.717) is 36.2 Å². The number of piperidine rings is 2. The molecule has 0 aromatic heterocycles. The molecule has 8 heteroatoms. The largest absolute Gasteiger partial charge is 0.493 e. The van der Waals surface area contributed by atoms with Crippen molar-refractivity contribution in [1.82, 2.24) is 4.90 Å². The van der Waals surface area contributed by atoms with Crippen LogP contribution in [0.5, 0.6) is 11.5 Å². The van der Waals surface area contributed by atoms with Crippen molar-refractivity contribution < 1.29 is 27.8 Å². The molecule has 0 radical (unpaired) electrons. The van der Waals surface area contributed by atoms with E-state index in [0.717, 1.165) is 38.5 Å². The Kier molecular flexibility index (Phi) is 6.57. The van der Waals surface area contributed by atoms with Crippen LogP contribution >= 0.6 is 0 Å². The number of benzene rings is 2. The fourth-order valence-electron chi connectivity index (χ4n) is 4.48. The summed E-state index contributed by atoms with van der Waals surface area (Å²) in [5.74, 6) is -1.35. The summed E-state index contributed by atoms with van der Waals surface area (Å²) in [4.78, 5) is 4.33. The molecule has 0 aliphatic carbocycles. The van der Waals surface area contributed by atoms with Crippen LogP contribution in [0.1, 0.15) is 19.3 Å². The van der Waals surface area contributed by atoms with Crippen molar-refractivity contribution in [3.8, 4) is 11.5 Å². The molecule has 2 aliphatic heterocycles. The molecule has 0 unspecified atom stereocenters. The molecule has 168 valence electrons. The van der Waals surface area contributed by atoms with Crippen LogP contribution in [0.2, 0.25) is 0 Å². The lowest BCUT2D eigenvalue weighted by Gasteiger charge is -2.43. The molecular weight excluding hydrogens is 409 g/mol. The van der Waals surface area contributed by atoms with Gasteiger partial charge in [0.15, 0.2) is 23.1 Å². The van der Waals surface area contributed by atoms with Gasteiger partial charge in [0.1, 0.15) is 18.0 Å². The first-order valence-corrected chi connectivity index (χ1v) is 10.6. The van der Waals surface area contributed by atoms with Gasteiger partial charge in [0.2, 0.25) is 0 Å². The summed E-state index contributed by atoms with van der Waals surface area (Å²) in [6, 6.07) is 8.41. The van der Waals surface area contributed by atoms with Gasteiger partial charge in [-0.15, -0.1) is 0 Å². The van der Waals surface area contributed by atoms with Crippen LogP contribution < -0.4 is 14.4 Å². The highest BCUT2D eigenvalue weighted by Crippen LogP contribution is 2.31. The van der Waals surface area contributed by atoms with E-state index in [9.17, 15) is 18.3 Å². The third-order valence-electron chi connectivity index (χ3n) is 6.20. The Morgan fingerprint density at radius 2 is 1.68 bits per heavy atom. The predicted molar refractivity (Wildman–Crippen MR) is 111 cm³/mol. The minimum Gasteiger partial charge on any atom is -0.493 e. The number of likely N-dealkylation sites (tertiary alicyclic amines) is 1. The number of rotatable bonds is 5. The van der Waals surface area contributed by atoms with E-state index in [-0.39, 0.29) is 0 Å². The first-order chi connectivity index (χ1) is 14.9. The Balaban J connectivity index is 1.31. The van der Waals surface area contributed by atoms with Crippen LogP contribution in [-0.4, -0.2) is 61.5 Å². The highest BCUT2D eigenvalue weighted by atomic mass is 19.2. The molecule has 5 nitrogen and oxygen atoms in total. The maximum Gasteiger partial charge on any atom is 0.163 e. The van der Waals surface area contributed by atoms with E-state index >= 15 is 0 Å². The Morgan fingerprint density at radius 3 is 2.35 bits per heavy atom. The molecule has 2 heterocycles. The number of halogens is 3. The molecule has 0 bridgehead atoms. The molecule has 1 N–H and O–H groups in total. The molecule has 31 heavy (non-hydrogen) atoms. The zero-order chi connectivity index (χ0) is 22.0. The molecule has 2 aromatic carbocycles. The Hall–Kier alpha value is -2.45. The lowest BCUT2D eigenvalue weighted by Crippen LogP contribution is -2.54. The van der Waals surface area contributed by atoms with Gasteiger partial charge in [0.05, 0.1) is 7.11 Å². The number of aliphatic hydroxyl groups excluding tert-OH is 1. The molecule has 4 rings (SSSR count). The van der Waals surface area contributed by atoms with Gasteiger partial charge < -0.3 is 19.5 Å². The van der Waals surface area contributed by atoms with E-state index in [2.05, 4.69) is 9.80 Å². The van der Waals surface area contributed by atoms with Crippen molar-refractivity contribution >= 4 is 5.69 Å². The standard InChI is InChI=1S/C23H27F3N2O3/c1-30-23-12-15(24)2-5-22(23)31-21-8-11-28(14-20(21)29)16-6-9-27(10-7-16)17-3-4-18(25)19(26)13-17/h2-5,12-13,16,20-21,29H,6-11,14H2,1H3/t20-,21-/m1/s1. The fraction of sp³-hybridized carbons (Fsp3) is 0.478. The number of nitrogens with zero attached hydrogens (tertiary/aromatic N) is 2. The zero-order valence-electron chi connectivity index (χ0n) is 17.4. The van der Waals surface area contributed by atoms with E-state index in [4.69, 9.17) is 9.47 Å². The van der Waals surface area contributed by atoms with Crippen LogP contribution in [0.4, 0.5) is 18.9 Å². The average Bonchev–Trinajstić information content (AvgIpc) is 2.78. The van der Waals surface area contributed by atoms with E-state index in [1.54, 1.807) is 6.07 Å². The zero-order valence-corrected chi connectivity index (χ0v) is 17.4. The highest BCUT2D eigenvalue weighted by Gasteiger charge is 2.34. The van der Waals surface area contributed by atoms with E-state index in [1.807, 2.05) is 0 Å². The van der Waals surface area contributed by atoms with Gasteiger partial charge in [-0.25, -0.2) is 13.2 Å². The maximum absolute atomic E-state index is 13.5. The second kappa shape index (κ2) is 9.36. The van der Waals surface area contributed by atoms with Gasteiger partial charge in [-0.3, -0.25) is 4.90 Å². The van der Waals surface area contributed by atoms with Gasteiger partial charge >= 0.3 is 0 Å². The third kappa shape index (κ3) is 4.91. The van der Waals surface area contributed by atoms with Gasteiger partial charge in [-0.1, -0.05) is 0 Å². The molecule has 2 saturated heterocycles. The van der Waals surface area contributed by atoms with E-state index in [1.165, 1.54) is 31.4 Å². The van der Waals surface area contributed by atoms with E-state index < -0.39 is 29.7 Å². The summed E-state index contributed by atoms with van der Waals surface area (Å²) in [6.45, 7) is 2.76. The lowest BCUT2D eigenvalue weighted by molar-refractivity contribution is -0.0406. The summed E-state index contributed by atoms with van der Waals surface area (Å²) in [7, 11) is 1.45. The van der Waals surface area contributed by atoms with Gasteiger partial charge in [-0.05, 0) is 43.5 Å². The Morgan fingerprint density at radius 1 is 0.903 bits per heavy atom. The number of ether oxygens (including phenoxy) is 2. The number of hydrogen-bond donors (Lipinski definition) is 1. The first kappa shape index (κ1) is 21.8. The fourth-order valence-corrected chi connectivity index (χ4v) is 4.48. The molecule has 0 saturated carbocycles. The van der Waals surface area contributed by atoms with Crippen LogP contribution in [0, 0.1) is 17.5 Å². The molecule has 2 aliphatic rings. The van der Waals surface area contributed by atoms with Crippen molar-refractivity contribution in [3.05, 3.63) is 53.8 Å². The predicted octanol–water partition coefficient (Wildman–Crippen LogP) is 3.60. The molecule has 0 spiro atoms. The van der Waals surface area contributed by atoms with Crippen LogP contribution in [0.25, 0.3) is 0 Å². The van der Waals surface area contributed by atoms with Gasteiger partial charge in [0.25, 0.3) is 0 Å². The van der Waals surface area contributed by atoms with Crippen molar-refractivity contribution in [2.45, 2.75) is 37.5 Å². The summed E-state index contributed by atoms with van der Waals surface area (Å²) < 4.78 is 51.2. The number of β-amino-alcohol motifs (C(OH)–C–C–N with tert-alkyl or cyclic N) is 1. The molecule has 2 atom stereocenters. The summed E-state index contributed by atoms with van der Waals surface area (Å²) in [6.07, 6.45) is 1.34. The van der Waals surface area contributed by atoms with Crippen LogP contribution in [-0.2, 0) is 0 Å². The summed E-state index contributed by atoms with van der Waals surface area (Å²) >= 11 is 0. The number of anilines is 1. The minimum absolute atomic E-state index is 0.305. The van der Waals surface area contributed by atoms with Crippen molar-refractivity contribution in [1.29, 1.82) is 0 Å². The maximum atomic E-state index is 13.5. The van der Waals surface area contributed by atoms with Gasteiger partial charge in [0, 0.05) is 50.0 Å². The van der Waals surface area contributed by atoms with Crippen LogP contribution in [0.15, 0.2) is 36.4 Å². The first-order valence-electron chi connectivity index (χ1n) is 10.6. The second-order valence-electron chi connectivity index (χ2n) is 8.12. The van der Waals surface area contributed by atoms with Crippen molar-refractivity contribution in [2.24, 2.45) is 0 Å². The number of aliphatic hydroxyl groups is 1. The molecular formula is C23H27F3N2O3. The Labute approximate surface area is 180 Å². The Bertz CT molecular complexity index is 906. The summed E-state index contributed by atoms with van der Waals surface area (Å²) in [5, 5.41) is 10.7. The smallest absolute Gasteiger partial charge is 0.163 e. The highest BCUT2D eigenvalue weighted by molar-refractivity contribution is 5.47. The van der Waals surface area contributed by atoms with Gasteiger partial charge in [-0.2, -0.15) is 0 Å². The van der Waals surface area contributed by atoms with Crippen molar-refractivity contribution in [2.75, 3.05) is 38.2 Å². The number of hydrogen-bond acceptors (Lipinski definition) is 5. The topological polar surface area (TPSA) is 45.2 Å². The molecule has 2 fully saturated rings. The van der Waals surface area contributed by atoms with Crippen LogP contribution in [0.3, 0.4) is 0 Å². The quantitative estimate of drug-likeness (QED) is 0.776. The van der Waals surface area contributed by atoms with Crippen molar-refractivity contribution in [3.63, 3.8) is 0 Å². The summed E-state index contributed by atoms with van der Waals surface area (Å²) in [5.41, 5.74) is 0.692. The average molecular weight is 436 g/mol. The minimum atomic E-state index is -0.837. The SMILES string of the molecule is COc1cc(F)ccc1O[C@@H]1CCN(C2CCN(c3ccc(F)c(F)c3)CC2)C[C@H]1O. The lowest BCUT2D eigenvalue weighted by atomic mass is 9.97. The molecule has 0 amide bonds. The molecule has 2 aromatic rings.